The van der Waals surface area contributed by atoms with Crippen LogP contribution >= 0.6 is 0 Å². The van der Waals surface area contributed by atoms with Gasteiger partial charge in [0.25, 0.3) is 0 Å². The van der Waals surface area contributed by atoms with Crippen molar-refractivity contribution < 1.29 is 4.74 Å². The molecule has 1 aliphatic heterocycles. The standard InChI is InChI=1S/C15H29NO/c1-6-11-7-8-15(16,9-11)12-10-13(2,3)17-14(12,4)5/h11-12H,6-10,16H2,1-5H3. The van der Waals surface area contributed by atoms with Crippen LogP contribution in [0.4, 0.5) is 0 Å². The van der Waals surface area contributed by atoms with E-state index in [1.807, 2.05) is 0 Å². The van der Waals surface area contributed by atoms with E-state index in [-0.39, 0.29) is 16.7 Å². The summed E-state index contributed by atoms with van der Waals surface area (Å²) in [6.45, 7) is 11.1. The van der Waals surface area contributed by atoms with Crippen LogP contribution in [-0.2, 0) is 4.74 Å². The molecule has 2 fully saturated rings. The maximum Gasteiger partial charge on any atom is 0.0680 e. The summed E-state index contributed by atoms with van der Waals surface area (Å²) in [6.07, 6.45) is 6.05. The molecular weight excluding hydrogens is 210 g/mol. The smallest absolute Gasteiger partial charge is 0.0680 e. The fraction of sp³-hybridized carbons (Fsp3) is 1.00. The minimum atomic E-state index is -0.0686. The Morgan fingerprint density at radius 3 is 2.24 bits per heavy atom. The lowest BCUT2D eigenvalue weighted by molar-refractivity contribution is -0.0818. The second-order valence-electron chi connectivity index (χ2n) is 7.47. The third-order valence-corrected chi connectivity index (χ3v) is 5.03. The van der Waals surface area contributed by atoms with Gasteiger partial charge < -0.3 is 10.5 Å². The molecule has 0 radical (unpaired) electrons. The second-order valence-corrected chi connectivity index (χ2v) is 7.47. The molecule has 0 amide bonds. The van der Waals surface area contributed by atoms with Crippen molar-refractivity contribution in [1.29, 1.82) is 0 Å². The number of hydrogen-bond acceptors (Lipinski definition) is 2. The molecule has 2 rings (SSSR count). The van der Waals surface area contributed by atoms with E-state index in [1.165, 1.54) is 25.7 Å². The Morgan fingerprint density at radius 1 is 1.18 bits per heavy atom. The van der Waals surface area contributed by atoms with E-state index in [1.54, 1.807) is 0 Å². The SMILES string of the molecule is CCC1CCC(N)(C2CC(C)(C)OC2(C)C)C1. The Kier molecular flexibility index (Phi) is 3.11. The highest BCUT2D eigenvalue weighted by Gasteiger charge is 2.55. The predicted molar refractivity (Wildman–Crippen MR) is 71.9 cm³/mol. The Morgan fingerprint density at radius 2 is 1.82 bits per heavy atom. The van der Waals surface area contributed by atoms with Gasteiger partial charge in [-0.15, -0.1) is 0 Å². The van der Waals surface area contributed by atoms with E-state index in [4.69, 9.17) is 10.5 Å². The Hall–Kier alpha value is -0.0800. The normalized spacial score (nSPS) is 44.1. The van der Waals surface area contributed by atoms with Crippen LogP contribution in [0.15, 0.2) is 0 Å². The third-order valence-electron chi connectivity index (χ3n) is 5.03. The van der Waals surface area contributed by atoms with Crippen molar-refractivity contribution in [3.05, 3.63) is 0 Å². The van der Waals surface area contributed by atoms with Gasteiger partial charge >= 0.3 is 0 Å². The topological polar surface area (TPSA) is 35.2 Å². The summed E-state index contributed by atoms with van der Waals surface area (Å²) in [4.78, 5) is 0. The number of rotatable bonds is 2. The molecular formula is C15H29NO. The van der Waals surface area contributed by atoms with Crippen LogP contribution in [0.5, 0.6) is 0 Å². The molecule has 2 heteroatoms. The quantitative estimate of drug-likeness (QED) is 0.800. The maximum absolute atomic E-state index is 6.75. The van der Waals surface area contributed by atoms with E-state index in [0.29, 0.717) is 5.92 Å². The van der Waals surface area contributed by atoms with Gasteiger partial charge in [-0.1, -0.05) is 13.3 Å². The van der Waals surface area contributed by atoms with Crippen LogP contribution < -0.4 is 5.73 Å². The van der Waals surface area contributed by atoms with E-state index in [2.05, 4.69) is 34.6 Å². The van der Waals surface area contributed by atoms with Gasteiger partial charge in [0, 0.05) is 11.5 Å². The van der Waals surface area contributed by atoms with Gasteiger partial charge in [-0.05, 0) is 59.3 Å². The van der Waals surface area contributed by atoms with Gasteiger partial charge in [-0.3, -0.25) is 0 Å². The molecule has 2 N–H and O–H groups in total. The zero-order valence-electron chi connectivity index (χ0n) is 12.2. The first-order valence-electron chi connectivity index (χ1n) is 7.18. The minimum absolute atomic E-state index is 0.00909. The summed E-state index contributed by atoms with van der Waals surface area (Å²) in [7, 11) is 0. The largest absolute Gasteiger partial charge is 0.369 e. The Bertz CT molecular complexity index is 297. The first-order chi connectivity index (χ1) is 7.69. The first kappa shape index (κ1) is 13.4. The van der Waals surface area contributed by atoms with E-state index >= 15 is 0 Å². The molecule has 1 heterocycles. The summed E-state index contributed by atoms with van der Waals surface area (Å²) in [5, 5.41) is 0. The van der Waals surface area contributed by atoms with Crippen LogP contribution in [0, 0.1) is 11.8 Å². The summed E-state index contributed by atoms with van der Waals surface area (Å²) in [5.74, 6) is 1.33. The van der Waals surface area contributed by atoms with E-state index in [9.17, 15) is 0 Å². The molecule has 3 unspecified atom stereocenters. The van der Waals surface area contributed by atoms with E-state index < -0.39 is 0 Å². The molecule has 100 valence electrons. The van der Waals surface area contributed by atoms with Crippen molar-refractivity contribution in [2.75, 3.05) is 0 Å². The lowest BCUT2D eigenvalue weighted by Crippen LogP contribution is -2.51. The molecule has 0 bridgehead atoms. The molecule has 1 aliphatic carbocycles. The Balaban J connectivity index is 2.17. The van der Waals surface area contributed by atoms with Crippen molar-refractivity contribution in [2.45, 2.75) is 83.5 Å². The van der Waals surface area contributed by atoms with Crippen LogP contribution in [0.2, 0.25) is 0 Å². The molecule has 0 spiro atoms. The fourth-order valence-electron chi connectivity index (χ4n) is 4.34. The second kappa shape index (κ2) is 3.96. The molecule has 1 saturated carbocycles. The van der Waals surface area contributed by atoms with Crippen molar-refractivity contribution in [3.8, 4) is 0 Å². The predicted octanol–water partition coefficient (Wildman–Crippen LogP) is 3.49. The summed E-state index contributed by atoms with van der Waals surface area (Å²) in [6, 6.07) is 0. The highest BCUT2D eigenvalue weighted by molar-refractivity contribution is 5.08. The average Bonchev–Trinajstić information content (AvgIpc) is 2.65. The van der Waals surface area contributed by atoms with Crippen molar-refractivity contribution in [3.63, 3.8) is 0 Å². The fourth-order valence-corrected chi connectivity index (χ4v) is 4.34. The van der Waals surface area contributed by atoms with Crippen molar-refractivity contribution in [2.24, 2.45) is 17.6 Å². The average molecular weight is 239 g/mol. The number of nitrogens with two attached hydrogens (primary N) is 1. The highest BCUT2D eigenvalue weighted by Crippen LogP contribution is 2.52. The minimum Gasteiger partial charge on any atom is -0.369 e. The highest BCUT2D eigenvalue weighted by atomic mass is 16.5. The molecule has 0 aromatic heterocycles. The molecule has 0 aromatic carbocycles. The van der Waals surface area contributed by atoms with Gasteiger partial charge in [-0.25, -0.2) is 0 Å². The molecule has 2 nitrogen and oxygen atoms in total. The zero-order valence-corrected chi connectivity index (χ0v) is 12.2. The molecule has 3 atom stereocenters. The Labute approximate surface area is 106 Å². The van der Waals surface area contributed by atoms with Crippen LogP contribution in [0.1, 0.15) is 66.7 Å². The van der Waals surface area contributed by atoms with E-state index in [0.717, 1.165) is 12.3 Å². The van der Waals surface area contributed by atoms with Gasteiger partial charge in [0.15, 0.2) is 0 Å². The summed E-state index contributed by atoms with van der Waals surface area (Å²) >= 11 is 0. The van der Waals surface area contributed by atoms with Crippen molar-refractivity contribution >= 4 is 0 Å². The molecule has 2 aliphatic rings. The van der Waals surface area contributed by atoms with Crippen molar-refractivity contribution in [1.82, 2.24) is 0 Å². The van der Waals surface area contributed by atoms with Gasteiger partial charge in [-0.2, -0.15) is 0 Å². The molecule has 0 aromatic rings. The zero-order chi connectivity index (χ0) is 12.9. The van der Waals surface area contributed by atoms with Gasteiger partial charge in [0.05, 0.1) is 11.2 Å². The van der Waals surface area contributed by atoms with Crippen LogP contribution in [0.25, 0.3) is 0 Å². The molecule has 1 saturated heterocycles. The number of ether oxygens (including phenoxy) is 1. The lowest BCUT2D eigenvalue weighted by Gasteiger charge is -2.39. The van der Waals surface area contributed by atoms with Gasteiger partial charge in [0.1, 0.15) is 0 Å². The first-order valence-corrected chi connectivity index (χ1v) is 7.18. The number of hydrogen-bond donors (Lipinski definition) is 1. The van der Waals surface area contributed by atoms with Crippen LogP contribution in [0.3, 0.4) is 0 Å². The lowest BCUT2D eigenvalue weighted by atomic mass is 9.71. The third kappa shape index (κ3) is 2.39. The summed E-state index contributed by atoms with van der Waals surface area (Å²) < 4.78 is 6.22. The van der Waals surface area contributed by atoms with Crippen LogP contribution in [-0.4, -0.2) is 16.7 Å². The summed E-state index contributed by atoms with van der Waals surface area (Å²) in [5.41, 5.74) is 6.68. The molecule has 17 heavy (non-hydrogen) atoms. The maximum atomic E-state index is 6.75. The van der Waals surface area contributed by atoms with Gasteiger partial charge in [0.2, 0.25) is 0 Å². The monoisotopic (exact) mass is 239 g/mol.